The van der Waals surface area contributed by atoms with Crippen LogP contribution < -0.4 is 10.2 Å². The van der Waals surface area contributed by atoms with Crippen molar-refractivity contribution in [3.63, 3.8) is 0 Å². The molecule has 2 aromatic rings. The summed E-state index contributed by atoms with van der Waals surface area (Å²) in [7, 11) is 0. The summed E-state index contributed by atoms with van der Waals surface area (Å²) in [6, 6.07) is 8.01. The highest BCUT2D eigenvalue weighted by Gasteiger charge is 2.29. The van der Waals surface area contributed by atoms with Gasteiger partial charge in [-0.1, -0.05) is 12.1 Å². The highest BCUT2D eigenvalue weighted by Crippen LogP contribution is 2.24. The number of nitrogens with one attached hydrogen (secondary N) is 1. The van der Waals surface area contributed by atoms with Gasteiger partial charge in [0.05, 0.1) is 11.4 Å². The van der Waals surface area contributed by atoms with Gasteiger partial charge >= 0.3 is 0 Å². The summed E-state index contributed by atoms with van der Waals surface area (Å²) in [5.41, 5.74) is 0.938. The number of hydrogen-bond donors (Lipinski definition) is 2. The van der Waals surface area contributed by atoms with Crippen LogP contribution in [-0.4, -0.2) is 71.0 Å². The van der Waals surface area contributed by atoms with E-state index in [9.17, 15) is 9.59 Å². The zero-order valence-corrected chi connectivity index (χ0v) is 16.2. The molecule has 3 heterocycles. The van der Waals surface area contributed by atoms with Crippen LogP contribution >= 0.6 is 0 Å². The van der Waals surface area contributed by atoms with E-state index in [0.29, 0.717) is 25.9 Å². The van der Waals surface area contributed by atoms with Gasteiger partial charge in [0.15, 0.2) is 0 Å². The number of carboxylic acid groups (broad SMARTS) is 1. The second-order valence-electron chi connectivity index (χ2n) is 7.03. The SMILES string of the molecule is O=C1CCC(C(=O)N2CCCN(c3ncnc4ccccc34)CC2)CN1.O=CO. The third kappa shape index (κ3) is 4.98. The van der Waals surface area contributed by atoms with Crippen LogP contribution in [0.4, 0.5) is 5.82 Å². The van der Waals surface area contributed by atoms with Crippen LogP contribution in [0.3, 0.4) is 0 Å². The van der Waals surface area contributed by atoms with Crippen LogP contribution in [0.1, 0.15) is 19.3 Å². The first-order chi connectivity index (χ1) is 14.1. The molecule has 2 amide bonds. The highest BCUT2D eigenvalue weighted by molar-refractivity contribution is 5.89. The summed E-state index contributed by atoms with van der Waals surface area (Å²) >= 11 is 0. The maximum atomic E-state index is 12.8. The van der Waals surface area contributed by atoms with Crippen molar-refractivity contribution in [2.45, 2.75) is 19.3 Å². The van der Waals surface area contributed by atoms with E-state index in [4.69, 9.17) is 9.90 Å². The minimum Gasteiger partial charge on any atom is -0.483 e. The second kappa shape index (κ2) is 9.81. The number of aromatic nitrogens is 2. The molecule has 0 aliphatic carbocycles. The molecule has 9 heteroatoms. The molecule has 9 nitrogen and oxygen atoms in total. The molecule has 0 saturated carbocycles. The average Bonchev–Trinajstić information content (AvgIpc) is 3.00. The third-order valence-corrected chi connectivity index (χ3v) is 5.24. The average molecular weight is 399 g/mol. The minimum atomic E-state index is -0.250. The van der Waals surface area contributed by atoms with Crippen molar-refractivity contribution < 1.29 is 19.5 Å². The van der Waals surface area contributed by atoms with Crippen molar-refractivity contribution >= 4 is 35.0 Å². The Balaban J connectivity index is 0.000000755. The number of rotatable bonds is 2. The van der Waals surface area contributed by atoms with E-state index in [0.717, 1.165) is 42.8 Å². The summed E-state index contributed by atoms with van der Waals surface area (Å²) in [4.78, 5) is 45.5. The molecule has 1 atom stereocenters. The molecule has 1 aromatic heterocycles. The quantitative estimate of drug-likeness (QED) is 0.721. The Kier molecular flexibility index (Phi) is 6.94. The first kappa shape index (κ1) is 20.5. The molecule has 4 rings (SSSR count). The number of amides is 2. The van der Waals surface area contributed by atoms with Crippen LogP contribution in [0, 0.1) is 5.92 Å². The number of piperidine rings is 1. The Bertz CT molecular complexity index is 860. The lowest BCUT2D eigenvalue weighted by Crippen LogP contribution is -2.46. The minimum absolute atomic E-state index is 0.0479. The predicted octanol–water partition coefficient (Wildman–Crippen LogP) is 0.896. The van der Waals surface area contributed by atoms with Gasteiger partial charge in [0, 0.05) is 44.5 Å². The molecule has 29 heavy (non-hydrogen) atoms. The van der Waals surface area contributed by atoms with Crippen molar-refractivity contribution in [2.75, 3.05) is 37.6 Å². The van der Waals surface area contributed by atoms with Gasteiger partial charge in [-0.05, 0) is 25.0 Å². The Hall–Kier alpha value is -3.23. The fraction of sp³-hybridized carbons (Fsp3) is 0.450. The summed E-state index contributed by atoms with van der Waals surface area (Å²) in [5.74, 6) is 1.07. The molecular weight excluding hydrogens is 374 g/mol. The fourth-order valence-electron chi connectivity index (χ4n) is 3.79. The van der Waals surface area contributed by atoms with E-state index in [1.165, 1.54) is 0 Å². The summed E-state index contributed by atoms with van der Waals surface area (Å²) in [6.07, 6.45) is 3.62. The Morgan fingerprint density at radius 2 is 1.97 bits per heavy atom. The molecule has 0 bridgehead atoms. The molecule has 2 N–H and O–H groups in total. The lowest BCUT2D eigenvalue weighted by atomic mass is 9.97. The number of anilines is 1. The van der Waals surface area contributed by atoms with Gasteiger partial charge in [0.2, 0.25) is 11.8 Å². The Morgan fingerprint density at radius 1 is 1.17 bits per heavy atom. The monoisotopic (exact) mass is 399 g/mol. The maximum Gasteiger partial charge on any atom is 0.290 e. The summed E-state index contributed by atoms with van der Waals surface area (Å²) < 4.78 is 0. The van der Waals surface area contributed by atoms with Crippen LogP contribution in [0.15, 0.2) is 30.6 Å². The zero-order chi connectivity index (χ0) is 20.6. The first-order valence-corrected chi connectivity index (χ1v) is 9.72. The lowest BCUT2D eigenvalue weighted by Gasteiger charge is -2.28. The molecule has 2 saturated heterocycles. The molecular formula is C20H25N5O4. The van der Waals surface area contributed by atoms with Crippen LogP contribution in [0.25, 0.3) is 10.9 Å². The molecule has 2 aliphatic rings. The number of nitrogens with zero attached hydrogens (tertiary/aromatic N) is 4. The van der Waals surface area contributed by atoms with Gasteiger partial charge in [-0.3, -0.25) is 14.4 Å². The molecule has 0 spiro atoms. The number of carbonyl (C=O) groups excluding carboxylic acids is 2. The van der Waals surface area contributed by atoms with E-state index < -0.39 is 0 Å². The van der Waals surface area contributed by atoms with E-state index in [1.54, 1.807) is 6.33 Å². The number of hydrogen-bond acceptors (Lipinski definition) is 6. The van der Waals surface area contributed by atoms with Crippen LogP contribution in [0.5, 0.6) is 0 Å². The summed E-state index contributed by atoms with van der Waals surface area (Å²) in [5, 5.41) is 10.7. The predicted molar refractivity (Wildman–Crippen MR) is 107 cm³/mol. The van der Waals surface area contributed by atoms with Gasteiger partial charge in [-0.15, -0.1) is 0 Å². The molecule has 0 radical (unpaired) electrons. The Labute approximate surface area is 168 Å². The lowest BCUT2D eigenvalue weighted by molar-refractivity contribution is -0.137. The molecule has 2 fully saturated rings. The number of para-hydroxylation sites is 1. The molecule has 154 valence electrons. The van der Waals surface area contributed by atoms with E-state index >= 15 is 0 Å². The maximum absolute atomic E-state index is 12.8. The largest absolute Gasteiger partial charge is 0.483 e. The van der Waals surface area contributed by atoms with E-state index in [-0.39, 0.29) is 24.2 Å². The number of benzene rings is 1. The van der Waals surface area contributed by atoms with Crippen molar-refractivity contribution in [3.8, 4) is 0 Å². The zero-order valence-electron chi connectivity index (χ0n) is 16.2. The van der Waals surface area contributed by atoms with Crippen molar-refractivity contribution in [1.29, 1.82) is 0 Å². The highest BCUT2D eigenvalue weighted by atomic mass is 16.3. The Morgan fingerprint density at radius 3 is 2.72 bits per heavy atom. The van der Waals surface area contributed by atoms with E-state index in [1.807, 2.05) is 29.2 Å². The van der Waals surface area contributed by atoms with Crippen molar-refractivity contribution in [1.82, 2.24) is 20.2 Å². The smallest absolute Gasteiger partial charge is 0.290 e. The van der Waals surface area contributed by atoms with Gasteiger partial charge in [0.25, 0.3) is 6.47 Å². The van der Waals surface area contributed by atoms with E-state index in [2.05, 4.69) is 20.2 Å². The summed E-state index contributed by atoms with van der Waals surface area (Å²) in [6.45, 7) is 3.27. The first-order valence-electron chi connectivity index (χ1n) is 9.72. The fourth-order valence-corrected chi connectivity index (χ4v) is 3.79. The van der Waals surface area contributed by atoms with Crippen molar-refractivity contribution in [2.24, 2.45) is 5.92 Å². The van der Waals surface area contributed by atoms with Gasteiger partial charge < -0.3 is 20.2 Å². The number of fused-ring (bicyclic) bond motifs is 1. The molecule has 2 aliphatic heterocycles. The normalized spacial score (nSPS) is 19.6. The second-order valence-corrected chi connectivity index (χ2v) is 7.03. The standard InChI is InChI=1S/C19H23N5O2.CH2O2/c25-17-7-6-14(12-20-17)19(26)24-9-3-8-23(10-11-24)18-15-4-1-2-5-16(15)21-13-22-18;2-1-3/h1-2,4-5,13-14H,3,6-12H2,(H,20,25);1H,(H,2,3). The topological polar surface area (TPSA) is 116 Å². The van der Waals surface area contributed by atoms with Gasteiger partial charge in [0.1, 0.15) is 12.1 Å². The molecule has 1 unspecified atom stereocenters. The number of carbonyl (C=O) groups is 3. The van der Waals surface area contributed by atoms with Crippen molar-refractivity contribution in [3.05, 3.63) is 30.6 Å². The van der Waals surface area contributed by atoms with Gasteiger partial charge in [-0.25, -0.2) is 9.97 Å². The van der Waals surface area contributed by atoms with Crippen LogP contribution in [-0.2, 0) is 14.4 Å². The van der Waals surface area contributed by atoms with Gasteiger partial charge in [-0.2, -0.15) is 0 Å². The van der Waals surface area contributed by atoms with Crippen LogP contribution in [0.2, 0.25) is 0 Å². The third-order valence-electron chi connectivity index (χ3n) is 5.24. The molecule has 1 aromatic carbocycles.